The second-order valence-electron chi connectivity index (χ2n) is 37.6. The first kappa shape index (κ1) is 112. The van der Waals surface area contributed by atoms with E-state index in [1.54, 1.807) is 0 Å². The monoisotopic (exact) mass is 1660 g/mol. The zero-order valence-corrected chi connectivity index (χ0v) is 79.9. The van der Waals surface area contributed by atoms with Gasteiger partial charge in [-0.25, -0.2) is 0 Å². The summed E-state index contributed by atoms with van der Waals surface area (Å²) in [5.74, 6) is 3.10. The molecule has 0 amide bonds. The largest absolute Gasteiger partial charge is 0.466 e. The van der Waals surface area contributed by atoms with Gasteiger partial charge in [-0.05, 0) is 180 Å². The molecule has 0 N–H and O–H groups in total. The van der Waals surface area contributed by atoms with Crippen molar-refractivity contribution in [3.05, 3.63) is 0 Å². The van der Waals surface area contributed by atoms with E-state index in [0.29, 0.717) is 101 Å². The Balaban J connectivity index is 2.56. The Labute approximate surface area is 724 Å². The van der Waals surface area contributed by atoms with Gasteiger partial charge in [0.05, 0.1) is 39.1 Å². The fourth-order valence-corrected chi connectivity index (χ4v) is 17.9. The zero-order chi connectivity index (χ0) is 85.7. The van der Waals surface area contributed by atoms with Gasteiger partial charge in [0.2, 0.25) is 0 Å². The highest BCUT2D eigenvalue weighted by atomic mass is 16.7. The summed E-state index contributed by atoms with van der Waals surface area (Å²) in [6, 6.07) is 0. The number of likely N-dealkylation sites (N-methyl/N-ethyl adjacent to an activating group) is 2. The molecule has 0 aromatic rings. The van der Waals surface area contributed by atoms with Crippen LogP contribution in [-0.4, -0.2) is 157 Å². The molecule has 0 bridgehead atoms. The fraction of sp³-hybridized carbons (Fsp3) is 0.951. The topological polar surface area (TPSA) is 160 Å². The summed E-state index contributed by atoms with van der Waals surface area (Å²) in [6.07, 6.45) is 71.5. The van der Waals surface area contributed by atoms with Crippen molar-refractivity contribution in [2.75, 3.05) is 94.5 Å². The first-order valence-electron chi connectivity index (χ1n) is 51.0. The summed E-state index contributed by atoms with van der Waals surface area (Å²) in [4.78, 5) is 71.1. The average Bonchev–Trinajstić information content (AvgIpc) is 1.69. The first-order chi connectivity index (χ1) is 56.8. The summed E-state index contributed by atoms with van der Waals surface area (Å²) in [6.45, 7) is 25.1. The molecule has 1 aliphatic heterocycles. The minimum absolute atomic E-state index is 0.0262. The van der Waals surface area contributed by atoms with E-state index >= 15 is 0 Å². The molecule has 0 aliphatic carbocycles. The van der Waals surface area contributed by atoms with Crippen LogP contribution in [0.1, 0.15) is 479 Å². The quantitative estimate of drug-likeness (QED) is 0.0321. The van der Waals surface area contributed by atoms with Gasteiger partial charge in [-0.15, -0.1) is 0 Å². The van der Waals surface area contributed by atoms with Gasteiger partial charge in [-0.2, -0.15) is 0 Å². The van der Waals surface area contributed by atoms with E-state index in [1.165, 1.54) is 193 Å². The average molecular weight is 1660 g/mol. The number of carbonyl (C=O) groups excluding carboxylic acids is 5. The molecule has 7 atom stereocenters. The van der Waals surface area contributed by atoms with E-state index in [0.717, 1.165) is 225 Å². The maximum Gasteiger partial charge on any atom is 0.306 e. The molecule has 1 heterocycles. The maximum absolute atomic E-state index is 13.1. The zero-order valence-electron chi connectivity index (χ0n) is 79.9. The number of hydrogen-bond acceptors (Lipinski definition) is 15. The second kappa shape index (κ2) is 80.3. The molecule has 0 spiro atoms. The normalized spacial score (nSPS) is 15.8. The first-order valence-corrected chi connectivity index (χ1v) is 51.0. The van der Waals surface area contributed by atoms with Crippen LogP contribution >= 0.6 is 0 Å². The van der Waals surface area contributed by atoms with Crippen LogP contribution in [0, 0.1) is 35.5 Å². The van der Waals surface area contributed by atoms with Crippen LogP contribution in [-0.2, 0) is 57.1 Å². The van der Waals surface area contributed by atoms with E-state index in [-0.39, 0.29) is 42.1 Å². The van der Waals surface area contributed by atoms with E-state index in [9.17, 15) is 24.0 Å². The molecule has 7 unspecified atom stereocenters. The van der Waals surface area contributed by atoms with Gasteiger partial charge in [0.25, 0.3) is 0 Å². The van der Waals surface area contributed by atoms with Gasteiger partial charge in [-0.3, -0.25) is 24.0 Å². The molecule has 0 aromatic heterocycles. The van der Waals surface area contributed by atoms with Crippen molar-refractivity contribution in [3.8, 4) is 0 Å². The Morgan fingerprint density at radius 1 is 0.325 bits per heavy atom. The molecular formula is C102H197N3O12. The molecule has 1 saturated heterocycles. The van der Waals surface area contributed by atoms with Gasteiger partial charge in [-0.1, -0.05) is 331 Å². The highest BCUT2D eigenvalue weighted by molar-refractivity contribution is 5.70. The molecule has 15 nitrogen and oxygen atoms in total. The van der Waals surface area contributed by atoms with E-state index in [4.69, 9.17) is 33.2 Å². The SMILES string of the molecule is CCCCCC(CCCCC)CCOC(=O)CCCCCCCCC(CCCCCCCCC(=O)OCCC(CCCCC)CC(CCC)C(C)CCCC(CCCCC)CCOC(=O)CCCCCCCC1(CCCCCCCC(=O)OCCC(CCCCC)CCCCC)OCC(CN(C)CCN(C)C)O1)OC(=O)CCCN(C)C. The molecule has 1 aliphatic rings. The minimum atomic E-state index is -0.531. The molecule has 15 heteroatoms. The van der Waals surface area contributed by atoms with E-state index < -0.39 is 5.79 Å². The van der Waals surface area contributed by atoms with Gasteiger partial charge in [0.15, 0.2) is 5.79 Å². The summed E-state index contributed by atoms with van der Waals surface area (Å²) in [5, 5.41) is 0. The second-order valence-corrected chi connectivity index (χ2v) is 37.6. The van der Waals surface area contributed by atoms with Crippen LogP contribution in [0.4, 0.5) is 0 Å². The van der Waals surface area contributed by atoms with E-state index in [1.807, 2.05) is 14.1 Å². The smallest absolute Gasteiger partial charge is 0.306 e. The Morgan fingerprint density at radius 2 is 0.650 bits per heavy atom. The van der Waals surface area contributed by atoms with Crippen molar-refractivity contribution < 1.29 is 57.1 Å². The maximum atomic E-state index is 13.1. The molecule has 1 fully saturated rings. The third kappa shape index (κ3) is 69.2. The number of esters is 5. The number of unbranched alkanes of at least 4 members (excludes halogenated alkanes) is 30. The lowest BCUT2D eigenvalue weighted by Gasteiger charge is -2.29. The predicted molar refractivity (Wildman–Crippen MR) is 493 cm³/mol. The predicted octanol–water partition coefficient (Wildman–Crippen LogP) is 27.8. The van der Waals surface area contributed by atoms with Crippen molar-refractivity contribution in [2.45, 2.75) is 497 Å². The van der Waals surface area contributed by atoms with Crippen molar-refractivity contribution in [1.82, 2.24) is 14.7 Å². The van der Waals surface area contributed by atoms with Gasteiger partial charge >= 0.3 is 29.8 Å². The van der Waals surface area contributed by atoms with Crippen LogP contribution in [0.5, 0.6) is 0 Å². The highest BCUT2D eigenvalue weighted by Crippen LogP contribution is 2.37. The molecule has 692 valence electrons. The lowest BCUT2D eigenvalue weighted by atomic mass is 9.77. The van der Waals surface area contributed by atoms with Crippen LogP contribution in [0.15, 0.2) is 0 Å². The Hall–Kier alpha value is -2.85. The summed E-state index contributed by atoms with van der Waals surface area (Å²) >= 11 is 0. The molecule has 117 heavy (non-hydrogen) atoms. The molecule has 0 aromatic carbocycles. The van der Waals surface area contributed by atoms with Crippen molar-refractivity contribution in [2.24, 2.45) is 35.5 Å². The summed E-state index contributed by atoms with van der Waals surface area (Å²) in [5.41, 5.74) is 0. The van der Waals surface area contributed by atoms with Crippen LogP contribution in [0.25, 0.3) is 0 Å². The third-order valence-electron chi connectivity index (χ3n) is 25.7. The van der Waals surface area contributed by atoms with Gasteiger partial charge in [0.1, 0.15) is 6.10 Å². The van der Waals surface area contributed by atoms with Crippen molar-refractivity contribution in [3.63, 3.8) is 0 Å². The Morgan fingerprint density at radius 3 is 1.02 bits per heavy atom. The lowest BCUT2D eigenvalue weighted by Crippen LogP contribution is -2.37. The van der Waals surface area contributed by atoms with Crippen molar-refractivity contribution in [1.29, 1.82) is 0 Å². The summed E-state index contributed by atoms with van der Waals surface area (Å²) < 4.78 is 43.0. The third-order valence-corrected chi connectivity index (χ3v) is 25.7. The van der Waals surface area contributed by atoms with Crippen molar-refractivity contribution >= 4 is 29.8 Å². The Bertz CT molecular complexity index is 2220. The standard InChI is InChI=1S/C102H197N3O12/c1-14-21-41-59-90(60-42-22-15-2)73-82-111-97(106)68-49-35-29-27-33-47-66-95(116-101(110)72-56-79-103(9)10)67-48-34-28-30-36-50-69-100(109)114-85-76-93(64-46-26-19-6)86-94(57-20-7)89(8)58-55-65-92(63-45-25-18-5)75-84-113-99(108)71-52-38-32-40-54-78-102(115-88-96(117-102)87-105(13)81-80-104(11)12)77-53-39-31-37-51-70-98(107)112-83-74-91(61-43-23-16-3)62-44-24-17-4/h89-96H,14-88H2,1-13H3. The van der Waals surface area contributed by atoms with Gasteiger partial charge < -0.3 is 47.9 Å². The number of hydrogen-bond donors (Lipinski definition) is 0. The Kier molecular flexibility index (Phi) is 77.0. The molecule has 0 saturated carbocycles. The lowest BCUT2D eigenvalue weighted by molar-refractivity contribution is -0.180. The van der Waals surface area contributed by atoms with Crippen LogP contribution < -0.4 is 0 Å². The highest BCUT2D eigenvalue weighted by Gasteiger charge is 2.41. The van der Waals surface area contributed by atoms with E-state index in [2.05, 4.69) is 91.2 Å². The fourth-order valence-electron chi connectivity index (χ4n) is 17.9. The minimum Gasteiger partial charge on any atom is -0.466 e. The number of nitrogens with zero attached hydrogens (tertiary/aromatic N) is 3. The summed E-state index contributed by atoms with van der Waals surface area (Å²) in [7, 11) is 10.5. The number of carbonyl (C=O) groups is 5. The van der Waals surface area contributed by atoms with Gasteiger partial charge in [0, 0.05) is 64.6 Å². The van der Waals surface area contributed by atoms with Crippen LogP contribution in [0.3, 0.4) is 0 Å². The molecular weight excluding hydrogens is 1460 g/mol. The van der Waals surface area contributed by atoms with Crippen LogP contribution in [0.2, 0.25) is 0 Å². The number of ether oxygens (including phenoxy) is 7. The number of rotatable bonds is 89. The molecule has 0 radical (unpaired) electrons. The molecule has 1 rings (SSSR count).